The second-order valence-corrected chi connectivity index (χ2v) is 1.86. The van der Waals surface area contributed by atoms with Crippen molar-refractivity contribution >= 4 is 5.69 Å². The first-order valence-corrected chi connectivity index (χ1v) is 2.71. The largest absolute Gasteiger partial charge is 0.467 e. The van der Waals surface area contributed by atoms with Crippen LogP contribution in [0.1, 0.15) is 5.76 Å². The molecule has 1 aromatic heterocycles. The van der Waals surface area contributed by atoms with Crippen molar-refractivity contribution < 1.29 is 4.42 Å². The van der Waals surface area contributed by atoms with Crippen LogP contribution in [-0.4, -0.2) is 6.54 Å². The molecule has 1 aliphatic rings. The quantitative estimate of drug-likeness (QED) is 0.488. The third kappa shape index (κ3) is 0.372. The molecule has 0 amide bonds. The van der Waals surface area contributed by atoms with Gasteiger partial charge in [-0.15, -0.1) is 0 Å². The lowest BCUT2D eigenvalue weighted by atomic mass is 10.4. The predicted molar refractivity (Wildman–Crippen MR) is 29.1 cm³/mol. The van der Waals surface area contributed by atoms with Gasteiger partial charge >= 0.3 is 0 Å². The molecular weight excluding hydrogens is 102 g/mol. The molecule has 2 heterocycles. The van der Waals surface area contributed by atoms with E-state index < -0.39 is 0 Å². The van der Waals surface area contributed by atoms with E-state index in [1.165, 1.54) is 0 Å². The Morgan fingerprint density at radius 1 is 1.62 bits per heavy atom. The van der Waals surface area contributed by atoms with E-state index in [0.717, 1.165) is 24.4 Å². The van der Waals surface area contributed by atoms with Crippen molar-refractivity contribution in [2.45, 2.75) is 6.42 Å². The molecule has 1 aliphatic heterocycles. The van der Waals surface area contributed by atoms with Crippen molar-refractivity contribution in [3.8, 4) is 0 Å². The molecule has 0 unspecified atom stereocenters. The van der Waals surface area contributed by atoms with E-state index in [2.05, 4.69) is 5.32 Å². The van der Waals surface area contributed by atoms with Gasteiger partial charge in [-0.2, -0.15) is 0 Å². The van der Waals surface area contributed by atoms with Crippen LogP contribution in [-0.2, 0) is 6.42 Å². The fraction of sp³-hybridized carbons (Fsp3) is 0.333. The zero-order valence-corrected chi connectivity index (χ0v) is 4.42. The topological polar surface area (TPSA) is 27.2 Å². The van der Waals surface area contributed by atoms with Gasteiger partial charge in [0.2, 0.25) is 0 Å². The van der Waals surface area contributed by atoms with E-state index in [9.17, 15) is 0 Å². The average molecular weight is 108 g/mol. The Bertz CT molecular complexity index is 174. The van der Waals surface area contributed by atoms with E-state index >= 15 is 0 Å². The molecule has 41 valence electrons. The van der Waals surface area contributed by atoms with Crippen LogP contribution in [0.15, 0.2) is 16.7 Å². The fourth-order valence-electron chi connectivity index (χ4n) is 0.940. The summed E-state index contributed by atoms with van der Waals surface area (Å²) in [6.07, 6.45) is 2.68. The summed E-state index contributed by atoms with van der Waals surface area (Å²) in [5.41, 5.74) is 1.05. The monoisotopic (exact) mass is 108 g/mol. The van der Waals surface area contributed by atoms with Gasteiger partial charge in [-0.25, -0.2) is 0 Å². The van der Waals surface area contributed by atoms with Crippen molar-refractivity contribution in [1.82, 2.24) is 5.32 Å². The molecule has 2 rings (SSSR count). The van der Waals surface area contributed by atoms with Gasteiger partial charge in [0.05, 0.1) is 12.0 Å². The van der Waals surface area contributed by atoms with Crippen LogP contribution in [0.2, 0.25) is 0 Å². The second kappa shape index (κ2) is 1.28. The lowest BCUT2D eigenvalue weighted by molar-refractivity contribution is 0.521. The summed E-state index contributed by atoms with van der Waals surface area (Å²) in [6, 6.07) is 1.91. The summed E-state index contributed by atoms with van der Waals surface area (Å²) in [6.45, 7) is 0.912. The van der Waals surface area contributed by atoms with Crippen molar-refractivity contribution in [2.75, 3.05) is 6.54 Å². The maximum Gasteiger partial charge on any atom is 0.130 e. The highest BCUT2D eigenvalue weighted by Crippen LogP contribution is 2.21. The highest BCUT2D eigenvalue weighted by atomic mass is 16.3. The highest BCUT2D eigenvalue weighted by Gasteiger charge is 2.12. The molecule has 0 fully saturated rings. The Balaban J connectivity index is 2.54. The molecule has 0 atom stereocenters. The molecule has 2 heteroatoms. The summed E-state index contributed by atoms with van der Waals surface area (Å²) in [7, 11) is 0. The summed E-state index contributed by atoms with van der Waals surface area (Å²) < 4.78 is 5.08. The highest BCUT2D eigenvalue weighted by molar-refractivity contribution is 5.42. The minimum Gasteiger partial charge on any atom is -0.467 e. The van der Waals surface area contributed by atoms with Crippen molar-refractivity contribution in [1.29, 1.82) is 0 Å². The smallest absolute Gasteiger partial charge is 0.130 e. The Kier molecular flexibility index (Phi) is 0.640. The fourth-order valence-corrected chi connectivity index (χ4v) is 0.940. The molecule has 0 bridgehead atoms. The van der Waals surface area contributed by atoms with Crippen LogP contribution in [0.3, 0.4) is 0 Å². The zero-order valence-electron chi connectivity index (χ0n) is 4.42. The maximum atomic E-state index is 5.08. The standard InChI is InChI=1S/C6H6NO/c1-3-7-5-2-4-8-6(1)5/h2,4H,1,3H2. The van der Waals surface area contributed by atoms with Crippen LogP contribution < -0.4 is 5.32 Å². The molecule has 8 heavy (non-hydrogen) atoms. The molecule has 1 aromatic rings. The van der Waals surface area contributed by atoms with Crippen LogP contribution >= 0.6 is 0 Å². The molecule has 2 nitrogen and oxygen atoms in total. The third-order valence-corrected chi connectivity index (χ3v) is 1.34. The number of fused-ring (bicyclic) bond motifs is 1. The van der Waals surface area contributed by atoms with Gasteiger partial charge in [0.15, 0.2) is 0 Å². The SMILES string of the molecule is c1cc2c(o1)CC[N]2. The molecule has 0 saturated carbocycles. The molecule has 1 radical (unpaired) electrons. The average Bonchev–Trinajstić information content (AvgIpc) is 2.15. The molecule has 0 aromatic carbocycles. The van der Waals surface area contributed by atoms with Gasteiger partial charge in [-0.05, 0) is 0 Å². The number of rotatable bonds is 0. The van der Waals surface area contributed by atoms with Crippen LogP contribution in [0.5, 0.6) is 0 Å². The molecule has 0 saturated heterocycles. The van der Waals surface area contributed by atoms with Crippen LogP contribution in [0, 0.1) is 0 Å². The van der Waals surface area contributed by atoms with Crippen molar-refractivity contribution in [3.05, 3.63) is 18.1 Å². The van der Waals surface area contributed by atoms with Gasteiger partial charge in [-0.1, -0.05) is 0 Å². The summed E-state index contributed by atoms with van der Waals surface area (Å²) in [4.78, 5) is 0. The molecule has 0 spiro atoms. The first kappa shape index (κ1) is 4.01. The van der Waals surface area contributed by atoms with Crippen molar-refractivity contribution in [2.24, 2.45) is 0 Å². The zero-order chi connectivity index (χ0) is 5.40. The Morgan fingerprint density at radius 2 is 2.62 bits per heavy atom. The summed E-state index contributed by atoms with van der Waals surface area (Å²) in [5.74, 6) is 1.05. The van der Waals surface area contributed by atoms with Gasteiger partial charge in [0.1, 0.15) is 5.76 Å². The second-order valence-electron chi connectivity index (χ2n) is 1.86. The van der Waals surface area contributed by atoms with Crippen molar-refractivity contribution in [3.63, 3.8) is 0 Å². The number of hydrogen-bond donors (Lipinski definition) is 0. The Morgan fingerprint density at radius 3 is 3.50 bits per heavy atom. The minimum absolute atomic E-state index is 0.912. The number of furan rings is 1. The molecular formula is C6H6NO. The first-order valence-electron chi connectivity index (χ1n) is 2.71. The summed E-state index contributed by atoms with van der Waals surface area (Å²) >= 11 is 0. The molecule has 0 aliphatic carbocycles. The lowest BCUT2D eigenvalue weighted by Crippen LogP contribution is -1.89. The van der Waals surface area contributed by atoms with Crippen LogP contribution in [0.4, 0.5) is 5.69 Å². The summed E-state index contributed by atoms with van der Waals surface area (Å²) in [5, 5.41) is 4.17. The number of hydrogen-bond acceptors (Lipinski definition) is 1. The van der Waals surface area contributed by atoms with E-state index in [1.807, 2.05) is 6.07 Å². The van der Waals surface area contributed by atoms with Gasteiger partial charge in [0.25, 0.3) is 0 Å². The van der Waals surface area contributed by atoms with E-state index in [1.54, 1.807) is 6.26 Å². The molecule has 0 N–H and O–H groups in total. The first-order chi connectivity index (χ1) is 3.97. The normalized spacial score (nSPS) is 15.5. The van der Waals surface area contributed by atoms with Gasteiger partial charge in [0, 0.05) is 19.0 Å². The van der Waals surface area contributed by atoms with E-state index in [-0.39, 0.29) is 0 Å². The van der Waals surface area contributed by atoms with Gasteiger partial charge < -0.3 is 4.42 Å². The van der Waals surface area contributed by atoms with Gasteiger partial charge in [-0.3, -0.25) is 5.32 Å². The lowest BCUT2D eigenvalue weighted by Gasteiger charge is -1.79. The van der Waals surface area contributed by atoms with E-state index in [4.69, 9.17) is 4.42 Å². The van der Waals surface area contributed by atoms with Crippen LogP contribution in [0.25, 0.3) is 0 Å². The number of nitrogens with zero attached hydrogens (tertiary/aromatic N) is 1. The Labute approximate surface area is 47.5 Å². The minimum atomic E-state index is 0.912. The maximum absolute atomic E-state index is 5.08. The Hall–Kier alpha value is -0.920. The van der Waals surface area contributed by atoms with E-state index in [0.29, 0.717) is 0 Å². The third-order valence-electron chi connectivity index (χ3n) is 1.34. The predicted octanol–water partition coefficient (Wildman–Crippen LogP) is 1.07.